The van der Waals surface area contributed by atoms with E-state index in [4.69, 9.17) is 10.8 Å². The van der Waals surface area contributed by atoms with Gasteiger partial charge in [0.15, 0.2) is 0 Å². The molecule has 4 nitrogen and oxygen atoms in total. The second kappa shape index (κ2) is 4.58. The minimum atomic E-state index is -0.486. The topological polar surface area (TPSA) is 66.6 Å². The third-order valence-corrected chi connectivity index (χ3v) is 1.93. The number of likely N-dealkylation sites (N-methyl/N-ethyl adjacent to an activating group) is 1. The van der Waals surface area contributed by atoms with Crippen molar-refractivity contribution in [3.05, 3.63) is 0 Å². The van der Waals surface area contributed by atoms with E-state index in [0.717, 1.165) is 0 Å². The van der Waals surface area contributed by atoms with E-state index < -0.39 is 5.54 Å². The highest BCUT2D eigenvalue weighted by molar-refractivity contribution is 5.77. The summed E-state index contributed by atoms with van der Waals surface area (Å²) in [6, 6.07) is -0.144. The summed E-state index contributed by atoms with van der Waals surface area (Å²) in [6.07, 6.45) is 0.299. The summed E-state index contributed by atoms with van der Waals surface area (Å²) in [5, 5.41) is 8.83. The molecule has 0 saturated heterocycles. The van der Waals surface area contributed by atoms with Crippen LogP contribution in [0.2, 0.25) is 0 Å². The second-order valence-electron chi connectivity index (χ2n) is 4.20. The van der Waals surface area contributed by atoms with Crippen molar-refractivity contribution >= 4 is 5.91 Å². The van der Waals surface area contributed by atoms with Gasteiger partial charge in [-0.1, -0.05) is 0 Å². The van der Waals surface area contributed by atoms with Crippen molar-refractivity contribution < 1.29 is 9.90 Å². The van der Waals surface area contributed by atoms with E-state index in [1.807, 2.05) is 13.8 Å². The van der Waals surface area contributed by atoms with Crippen molar-refractivity contribution in [1.82, 2.24) is 4.90 Å². The first-order chi connectivity index (χ1) is 5.78. The van der Waals surface area contributed by atoms with Crippen molar-refractivity contribution in [2.45, 2.75) is 38.8 Å². The standard InChI is InChI=1S/C9H20N2O2/c1-7(6-12)11(4)8(13)5-9(2,3)10/h7,12H,5-6,10H2,1-4H3. The highest BCUT2D eigenvalue weighted by Gasteiger charge is 2.21. The quantitative estimate of drug-likeness (QED) is 0.650. The zero-order chi connectivity index (χ0) is 10.6. The predicted molar refractivity (Wildman–Crippen MR) is 52.2 cm³/mol. The molecule has 0 heterocycles. The third-order valence-electron chi connectivity index (χ3n) is 1.93. The average Bonchev–Trinajstić information content (AvgIpc) is 1.98. The molecule has 1 amide bonds. The molecule has 0 fully saturated rings. The minimum Gasteiger partial charge on any atom is -0.394 e. The second-order valence-corrected chi connectivity index (χ2v) is 4.20. The van der Waals surface area contributed by atoms with Crippen LogP contribution in [0, 0.1) is 0 Å². The molecular formula is C9H20N2O2. The molecule has 0 saturated carbocycles. The maximum Gasteiger partial charge on any atom is 0.224 e. The number of aliphatic hydroxyl groups is 1. The van der Waals surface area contributed by atoms with Gasteiger partial charge in [-0.2, -0.15) is 0 Å². The minimum absolute atomic E-state index is 0.0206. The normalized spacial score (nSPS) is 14.0. The molecule has 0 radical (unpaired) electrons. The van der Waals surface area contributed by atoms with E-state index >= 15 is 0 Å². The first kappa shape index (κ1) is 12.4. The van der Waals surface area contributed by atoms with E-state index in [1.165, 1.54) is 4.90 Å². The smallest absolute Gasteiger partial charge is 0.224 e. The summed E-state index contributed by atoms with van der Waals surface area (Å²) in [5.74, 6) is -0.0333. The SMILES string of the molecule is CC(CO)N(C)C(=O)CC(C)(C)N. The van der Waals surface area contributed by atoms with Gasteiger partial charge in [-0.15, -0.1) is 0 Å². The van der Waals surface area contributed by atoms with Gasteiger partial charge >= 0.3 is 0 Å². The van der Waals surface area contributed by atoms with Crippen LogP contribution in [0.1, 0.15) is 27.2 Å². The van der Waals surface area contributed by atoms with Crippen LogP contribution in [0.3, 0.4) is 0 Å². The largest absolute Gasteiger partial charge is 0.394 e. The van der Waals surface area contributed by atoms with Gasteiger partial charge in [0.25, 0.3) is 0 Å². The molecule has 0 rings (SSSR count). The van der Waals surface area contributed by atoms with Crippen LogP contribution in [0.25, 0.3) is 0 Å². The number of hydrogen-bond donors (Lipinski definition) is 2. The van der Waals surface area contributed by atoms with Crippen LogP contribution in [0.4, 0.5) is 0 Å². The molecule has 0 aliphatic heterocycles. The fourth-order valence-electron chi connectivity index (χ4n) is 0.883. The van der Waals surface area contributed by atoms with Crippen LogP contribution < -0.4 is 5.73 Å². The molecule has 0 aliphatic rings. The number of carbonyl (C=O) groups is 1. The highest BCUT2D eigenvalue weighted by atomic mass is 16.3. The molecule has 0 bridgehead atoms. The van der Waals surface area contributed by atoms with Gasteiger partial charge < -0.3 is 15.7 Å². The number of amides is 1. The van der Waals surface area contributed by atoms with E-state index in [9.17, 15) is 4.79 Å². The van der Waals surface area contributed by atoms with Crippen LogP contribution in [0.15, 0.2) is 0 Å². The van der Waals surface area contributed by atoms with E-state index in [0.29, 0.717) is 6.42 Å². The van der Waals surface area contributed by atoms with Gasteiger partial charge in [0.1, 0.15) is 0 Å². The molecule has 1 atom stereocenters. The lowest BCUT2D eigenvalue weighted by atomic mass is 10.0. The van der Waals surface area contributed by atoms with Gasteiger partial charge in [0.05, 0.1) is 12.6 Å². The van der Waals surface area contributed by atoms with Crippen molar-refractivity contribution in [1.29, 1.82) is 0 Å². The fourth-order valence-corrected chi connectivity index (χ4v) is 0.883. The van der Waals surface area contributed by atoms with Crippen molar-refractivity contribution in [3.8, 4) is 0 Å². The summed E-state index contributed by atoms with van der Waals surface area (Å²) in [7, 11) is 1.68. The Kier molecular flexibility index (Phi) is 4.36. The monoisotopic (exact) mass is 188 g/mol. The van der Waals surface area contributed by atoms with Gasteiger partial charge in [0.2, 0.25) is 5.91 Å². The molecule has 0 spiro atoms. The number of rotatable bonds is 4. The molecule has 78 valence electrons. The maximum atomic E-state index is 11.5. The summed E-state index contributed by atoms with van der Waals surface area (Å²) in [4.78, 5) is 13.0. The third kappa shape index (κ3) is 4.85. The maximum absolute atomic E-state index is 11.5. The Morgan fingerprint density at radius 3 is 2.38 bits per heavy atom. The first-order valence-corrected chi connectivity index (χ1v) is 4.43. The Morgan fingerprint density at radius 2 is 2.08 bits per heavy atom. The lowest BCUT2D eigenvalue weighted by Crippen LogP contribution is -2.43. The summed E-state index contributed by atoms with van der Waals surface area (Å²) in [6.45, 7) is 5.39. The molecule has 13 heavy (non-hydrogen) atoms. The van der Waals surface area contributed by atoms with Crippen molar-refractivity contribution in [2.24, 2.45) is 5.73 Å². The van der Waals surface area contributed by atoms with Crippen molar-refractivity contribution in [2.75, 3.05) is 13.7 Å². The van der Waals surface area contributed by atoms with Gasteiger partial charge in [-0.25, -0.2) is 0 Å². The molecule has 0 aliphatic carbocycles. The fraction of sp³-hybridized carbons (Fsp3) is 0.889. The Bertz CT molecular complexity index is 175. The van der Waals surface area contributed by atoms with Crippen molar-refractivity contribution in [3.63, 3.8) is 0 Å². The number of carbonyl (C=O) groups excluding carboxylic acids is 1. The molecule has 3 N–H and O–H groups in total. The number of nitrogens with zero attached hydrogens (tertiary/aromatic N) is 1. The molecule has 4 heteroatoms. The number of aliphatic hydroxyl groups excluding tert-OH is 1. The van der Waals surface area contributed by atoms with Crippen LogP contribution >= 0.6 is 0 Å². The van der Waals surface area contributed by atoms with E-state index in [1.54, 1.807) is 14.0 Å². The summed E-state index contributed by atoms with van der Waals surface area (Å²) >= 11 is 0. The lowest BCUT2D eigenvalue weighted by molar-refractivity contribution is -0.133. The van der Waals surface area contributed by atoms with Gasteiger partial charge in [-0.3, -0.25) is 4.79 Å². The van der Waals surface area contributed by atoms with E-state index in [-0.39, 0.29) is 18.6 Å². The average molecular weight is 188 g/mol. The van der Waals surface area contributed by atoms with E-state index in [2.05, 4.69) is 0 Å². The number of nitrogens with two attached hydrogens (primary N) is 1. The molecule has 0 aromatic heterocycles. The summed E-state index contributed by atoms with van der Waals surface area (Å²) < 4.78 is 0. The molecule has 0 aromatic rings. The Labute approximate surface area is 79.7 Å². The highest BCUT2D eigenvalue weighted by Crippen LogP contribution is 2.07. The molecule has 0 aromatic carbocycles. The molecular weight excluding hydrogens is 168 g/mol. The van der Waals surface area contributed by atoms with Gasteiger partial charge in [0, 0.05) is 19.0 Å². The Hall–Kier alpha value is -0.610. The molecule has 1 unspecified atom stereocenters. The Morgan fingerprint density at radius 1 is 1.62 bits per heavy atom. The summed E-state index contributed by atoms with van der Waals surface area (Å²) in [5.41, 5.74) is 5.22. The first-order valence-electron chi connectivity index (χ1n) is 4.43. The zero-order valence-electron chi connectivity index (χ0n) is 8.87. The van der Waals surface area contributed by atoms with Crippen LogP contribution in [-0.2, 0) is 4.79 Å². The zero-order valence-corrected chi connectivity index (χ0v) is 8.87. The Balaban J connectivity index is 4.12. The van der Waals surface area contributed by atoms with Crippen LogP contribution in [-0.4, -0.2) is 41.1 Å². The number of hydrogen-bond acceptors (Lipinski definition) is 3. The predicted octanol–water partition coefficient (Wildman–Crippen LogP) is -0.0470. The van der Waals surface area contributed by atoms with Crippen LogP contribution in [0.5, 0.6) is 0 Å². The lowest BCUT2D eigenvalue weighted by Gasteiger charge is -2.27. The van der Waals surface area contributed by atoms with Gasteiger partial charge in [-0.05, 0) is 20.8 Å².